The first-order valence-electron chi connectivity index (χ1n) is 10.4. The van der Waals surface area contributed by atoms with Crippen molar-refractivity contribution in [2.24, 2.45) is 0 Å². The van der Waals surface area contributed by atoms with E-state index in [1.54, 1.807) is 13.0 Å². The quantitative estimate of drug-likeness (QED) is 0.301. The van der Waals surface area contributed by atoms with E-state index in [9.17, 15) is 4.79 Å². The van der Waals surface area contributed by atoms with E-state index in [0.717, 1.165) is 27.6 Å². The number of hydrogen-bond acceptors (Lipinski definition) is 5. The lowest BCUT2D eigenvalue weighted by molar-refractivity contribution is 0.119. The number of rotatable bonds is 6. The molecule has 1 unspecified atom stereocenters. The summed E-state index contributed by atoms with van der Waals surface area (Å²) in [6.45, 7) is 1.80. The lowest BCUT2D eigenvalue weighted by atomic mass is 10.0. The number of thiophene rings is 1. The summed E-state index contributed by atoms with van der Waals surface area (Å²) in [4.78, 5) is 13.3. The topological polar surface area (TPSA) is 51.2 Å². The maximum Gasteiger partial charge on any atom is 0.412 e. The lowest BCUT2D eigenvalue weighted by Gasteiger charge is -2.12. The molecule has 4 nitrogen and oxygen atoms in total. The van der Waals surface area contributed by atoms with Crippen molar-refractivity contribution in [3.05, 3.63) is 81.6 Å². The third-order valence-corrected chi connectivity index (χ3v) is 7.42. The van der Waals surface area contributed by atoms with E-state index in [-0.39, 0.29) is 0 Å². The fraction of sp³-hybridized carbons (Fsp3) is 0.200. The Hall–Kier alpha value is -2.67. The fourth-order valence-corrected chi connectivity index (χ4v) is 5.42. The number of aromatic nitrogens is 1. The summed E-state index contributed by atoms with van der Waals surface area (Å²) in [7, 11) is 0. The molecule has 0 saturated heterocycles. The van der Waals surface area contributed by atoms with E-state index in [1.807, 2.05) is 11.4 Å². The predicted octanol–water partition coefficient (Wildman–Crippen LogP) is 8.38. The zero-order valence-electron chi connectivity index (χ0n) is 17.4. The zero-order valence-corrected chi connectivity index (χ0v) is 19.8. The van der Waals surface area contributed by atoms with Gasteiger partial charge in [0.15, 0.2) is 0 Å². The van der Waals surface area contributed by atoms with Gasteiger partial charge in [0.1, 0.15) is 6.10 Å². The summed E-state index contributed by atoms with van der Waals surface area (Å²) in [5, 5.41) is 4.69. The average molecular weight is 481 g/mol. The third-order valence-electron chi connectivity index (χ3n) is 5.54. The molecule has 1 aliphatic rings. The van der Waals surface area contributed by atoms with Gasteiger partial charge in [-0.05, 0) is 71.6 Å². The van der Waals surface area contributed by atoms with Crippen LogP contribution in [0, 0.1) is 0 Å². The Morgan fingerprint density at radius 2 is 1.72 bits per heavy atom. The van der Waals surface area contributed by atoms with Crippen LogP contribution in [0.5, 0.6) is 0 Å². The van der Waals surface area contributed by atoms with Crippen molar-refractivity contribution in [3.8, 4) is 21.6 Å². The summed E-state index contributed by atoms with van der Waals surface area (Å²) in [5.74, 6) is 0.761. The molecule has 0 radical (unpaired) electrons. The van der Waals surface area contributed by atoms with Gasteiger partial charge < -0.3 is 4.74 Å². The molecule has 1 fully saturated rings. The van der Waals surface area contributed by atoms with Crippen LogP contribution in [0.3, 0.4) is 0 Å². The van der Waals surface area contributed by atoms with Gasteiger partial charge in [0.25, 0.3) is 0 Å². The van der Waals surface area contributed by atoms with Gasteiger partial charge in [-0.25, -0.2) is 4.79 Å². The highest BCUT2D eigenvalue weighted by atomic mass is 35.5. The standard InChI is InChI=1S/C25H21ClN2O2S2/c1-15(21-12-13-31-28-21)30-25(29)27-22-14-23(26)32-24(22)20-10-8-19(9-11-20)18-6-4-17(5-7-18)16-2-3-16/h4-16H,2-3H2,1H3,(H,27,29). The van der Waals surface area contributed by atoms with E-state index >= 15 is 0 Å². The van der Waals surface area contributed by atoms with Crippen molar-refractivity contribution in [2.45, 2.75) is 31.8 Å². The van der Waals surface area contributed by atoms with Crippen LogP contribution in [0.2, 0.25) is 4.34 Å². The minimum atomic E-state index is -0.534. The Balaban J connectivity index is 1.31. The van der Waals surface area contributed by atoms with Crippen molar-refractivity contribution >= 4 is 46.3 Å². The number of nitrogens with one attached hydrogen (secondary N) is 1. The van der Waals surface area contributed by atoms with Crippen molar-refractivity contribution in [1.82, 2.24) is 4.37 Å². The molecule has 1 amide bonds. The van der Waals surface area contributed by atoms with Crippen LogP contribution in [0.1, 0.15) is 43.0 Å². The van der Waals surface area contributed by atoms with Crippen LogP contribution in [0.4, 0.5) is 10.5 Å². The van der Waals surface area contributed by atoms with Gasteiger partial charge in [0.05, 0.1) is 20.6 Å². The van der Waals surface area contributed by atoms with Gasteiger partial charge >= 0.3 is 6.09 Å². The highest BCUT2D eigenvalue weighted by molar-refractivity contribution is 7.20. The van der Waals surface area contributed by atoms with Crippen LogP contribution >= 0.6 is 34.5 Å². The number of nitrogens with zero attached hydrogens (tertiary/aromatic N) is 1. The molecule has 4 aromatic rings. The molecule has 2 heterocycles. The molecule has 7 heteroatoms. The summed E-state index contributed by atoms with van der Waals surface area (Å²) in [6.07, 6.45) is 1.66. The first-order valence-corrected chi connectivity index (χ1v) is 12.5. The summed E-state index contributed by atoms with van der Waals surface area (Å²) in [6, 6.07) is 20.8. The summed E-state index contributed by atoms with van der Waals surface area (Å²) >= 11 is 9.03. The van der Waals surface area contributed by atoms with Gasteiger partial charge in [0, 0.05) is 5.38 Å². The van der Waals surface area contributed by atoms with E-state index in [4.69, 9.17) is 16.3 Å². The van der Waals surface area contributed by atoms with Crippen molar-refractivity contribution < 1.29 is 9.53 Å². The molecule has 2 aromatic carbocycles. The number of ether oxygens (including phenoxy) is 1. The molecule has 1 N–H and O–H groups in total. The average Bonchev–Trinajstić information content (AvgIpc) is 3.37. The lowest BCUT2D eigenvalue weighted by Crippen LogP contribution is -2.16. The van der Waals surface area contributed by atoms with E-state index in [0.29, 0.717) is 10.0 Å². The first kappa shape index (κ1) is 21.2. The van der Waals surface area contributed by atoms with Crippen molar-refractivity contribution in [3.63, 3.8) is 0 Å². The summed E-state index contributed by atoms with van der Waals surface area (Å²) in [5.41, 5.74) is 6.15. The van der Waals surface area contributed by atoms with Crippen molar-refractivity contribution in [1.29, 1.82) is 0 Å². The largest absolute Gasteiger partial charge is 0.440 e. The molecular formula is C25H21ClN2O2S2. The van der Waals surface area contributed by atoms with Crippen LogP contribution in [-0.2, 0) is 4.74 Å². The number of benzene rings is 2. The smallest absolute Gasteiger partial charge is 0.412 e. The molecule has 0 aliphatic heterocycles. The molecule has 5 rings (SSSR count). The highest BCUT2D eigenvalue weighted by Crippen LogP contribution is 2.41. The normalized spacial score (nSPS) is 14.2. The van der Waals surface area contributed by atoms with Gasteiger partial charge in [-0.1, -0.05) is 60.1 Å². The second-order valence-corrected chi connectivity index (χ2v) is 10.2. The van der Waals surface area contributed by atoms with Crippen molar-refractivity contribution in [2.75, 3.05) is 5.32 Å². The fourth-order valence-electron chi connectivity index (χ4n) is 3.64. The molecule has 1 saturated carbocycles. The number of halogens is 1. The van der Waals surface area contributed by atoms with Crippen LogP contribution in [-0.4, -0.2) is 10.5 Å². The Bertz CT molecular complexity index is 1210. The van der Waals surface area contributed by atoms with Crippen LogP contribution in [0.15, 0.2) is 66.0 Å². The van der Waals surface area contributed by atoms with Gasteiger partial charge in [-0.2, -0.15) is 4.37 Å². The van der Waals surface area contributed by atoms with Crippen LogP contribution in [0.25, 0.3) is 21.6 Å². The maximum absolute atomic E-state index is 12.4. The number of hydrogen-bond donors (Lipinski definition) is 1. The zero-order chi connectivity index (χ0) is 22.1. The van der Waals surface area contributed by atoms with E-state index < -0.39 is 12.2 Å². The first-order chi connectivity index (χ1) is 15.6. The molecular weight excluding hydrogens is 460 g/mol. The molecule has 0 spiro atoms. The molecule has 0 bridgehead atoms. The second kappa shape index (κ2) is 9.06. The Morgan fingerprint density at radius 1 is 1.06 bits per heavy atom. The second-order valence-electron chi connectivity index (χ2n) is 7.86. The van der Waals surface area contributed by atoms with Crippen LogP contribution < -0.4 is 5.32 Å². The SMILES string of the molecule is CC(OC(=O)Nc1cc(Cl)sc1-c1ccc(-c2ccc(C3CC3)cc2)cc1)c1ccsn1. The Kier molecular flexibility index (Phi) is 6.00. The molecule has 1 atom stereocenters. The number of carbonyl (C=O) groups is 1. The minimum Gasteiger partial charge on any atom is -0.440 e. The molecule has 162 valence electrons. The van der Waals surface area contributed by atoms with E-state index in [1.165, 1.54) is 46.8 Å². The highest BCUT2D eigenvalue weighted by Gasteiger charge is 2.23. The molecule has 32 heavy (non-hydrogen) atoms. The van der Waals surface area contributed by atoms with E-state index in [2.05, 4.69) is 58.2 Å². The monoisotopic (exact) mass is 480 g/mol. The number of anilines is 1. The van der Waals surface area contributed by atoms with Gasteiger partial charge in [-0.3, -0.25) is 5.32 Å². The third kappa shape index (κ3) is 4.72. The predicted molar refractivity (Wildman–Crippen MR) is 133 cm³/mol. The maximum atomic E-state index is 12.4. The molecule has 1 aliphatic carbocycles. The Labute approximate surface area is 200 Å². The van der Waals surface area contributed by atoms with Gasteiger partial charge in [0.2, 0.25) is 0 Å². The number of amides is 1. The Morgan fingerprint density at radius 3 is 2.34 bits per heavy atom. The minimum absolute atomic E-state index is 0.426. The summed E-state index contributed by atoms with van der Waals surface area (Å²) < 4.78 is 10.3. The van der Waals surface area contributed by atoms with Gasteiger partial charge in [-0.15, -0.1) is 11.3 Å². The number of carbonyl (C=O) groups excluding carboxylic acids is 1. The molecule has 2 aromatic heterocycles.